The quantitative estimate of drug-likeness (QED) is 0.757. The van der Waals surface area contributed by atoms with E-state index in [1.165, 1.54) is 17.8 Å². The molecule has 0 unspecified atom stereocenters. The number of hydrogen-bond donors (Lipinski definition) is 1. The third-order valence-corrected chi connectivity index (χ3v) is 4.33. The summed E-state index contributed by atoms with van der Waals surface area (Å²) in [6.45, 7) is 4.78. The molecule has 0 fully saturated rings. The average molecular weight is 340 g/mol. The summed E-state index contributed by atoms with van der Waals surface area (Å²) < 4.78 is 12.4. The van der Waals surface area contributed by atoms with Gasteiger partial charge in [-0.3, -0.25) is 9.78 Å². The van der Waals surface area contributed by atoms with Crippen molar-refractivity contribution in [2.45, 2.75) is 19.3 Å². The molecule has 1 aliphatic heterocycles. The van der Waals surface area contributed by atoms with Crippen LogP contribution in [0.5, 0.6) is 5.75 Å². The van der Waals surface area contributed by atoms with Gasteiger partial charge in [-0.2, -0.15) is 4.98 Å². The number of aryl methyl sites for hydroxylation is 1. The summed E-state index contributed by atoms with van der Waals surface area (Å²) in [5, 5.41) is 3.88. The van der Waals surface area contributed by atoms with Crippen LogP contribution in [0.3, 0.4) is 0 Å². The van der Waals surface area contributed by atoms with E-state index < -0.39 is 11.2 Å². The Balaban J connectivity index is 1.82. The molecule has 0 atom stereocenters. The summed E-state index contributed by atoms with van der Waals surface area (Å²) in [7, 11) is 1.53. The van der Waals surface area contributed by atoms with E-state index in [9.17, 15) is 9.59 Å². The van der Waals surface area contributed by atoms with Crippen molar-refractivity contribution in [3.05, 3.63) is 50.8 Å². The highest BCUT2D eigenvalue weighted by molar-refractivity contribution is 5.69. The first kappa shape index (κ1) is 15.4. The standard InChI is InChI=1S/C17H16N4O4/c1-17(2)8-24-12-9(5-4-6-11(12)17)15-18-13(20-25-15)10-7-21(3)16(23)19-14(10)22/h4-7H,8H2,1-3H3,(H,19,22,23). The van der Waals surface area contributed by atoms with E-state index in [-0.39, 0.29) is 22.7 Å². The third-order valence-electron chi connectivity index (χ3n) is 4.33. The summed E-state index contributed by atoms with van der Waals surface area (Å²) in [5.74, 6) is 1.09. The van der Waals surface area contributed by atoms with Crippen LogP contribution in [0.4, 0.5) is 0 Å². The van der Waals surface area contributed by atoms with Crippen molar-refractivity contribution in [1.29, 1.82) is 0 Å². The van der Waals surface area contributed by atoms with E-state index in [0.29, 0.717) is 12.2 Å². The maximum Gasteiger partial charge on any atom is 0.328 e. The monoisotopic (exact) mass is 340 g/mol. The second kappa shape index (κ2) is 5.17. The highest BCUT2D eigenvalue weighted by atomic mass is 16.5. The molecule has 8 nitrogen and oxygen atoms in total. The summed E-state index contributed by atoms with van der Waals surface area (Å²) >= 11 is 0. The summed E-state index contributed by atoms with van der Waals surface area (Å²) in [6, 6.07) is 5.76. The zero-order valence-electron chi connectivity index (χ0n) is 14.0. The molecule has 25 heavy (non-hydrogen) atoms. The zero-order chi connectivity index (χ0) is 17.8. The number of ether oxygens (including phenoxy) is 1. The second-order valence-electron chi connectivity index (χ2n) is 6.69. The Hall–Kier alpha value is -3.16. The largest absolute Gasteiger partial charge is 0.492 e. The molecule has 2 aromatic heterocycles. The minimum Gasteiger partial charge on any atom is -0.492 e. The molecule has 3 aromatic rings. The normalized spacial score (nSPS) is 15.0. The Morgan fingerprint density at radius 3 is 2.84 bits per heavy atom. The van der Waals surface area contributed by atoms with Gasteiger partial charge in [0.15, 0.2) is 0 Å². The number of aromatic amines is 1. The van der Waals surface area contributed by atoms with Crippen LogP contribution in [0.15, 0.2) is 38.5 Å². The summed E-state index contributed by atoms with van der Waals surface area (Å²) in [5.41, 5.74) is 0.752. The smallest absolute Gasteiger partial charge is 0.328 e. The van der Waals surface area contributed by atoms with E-state index >= 15 is 0 Å². The van der Waals surface area contributed by atoms with E-state index in [2.05, 4.69) is 29.0 Å². The number of aromatic nitrogens is 4. The molecule has 1 N–H and O–H groups in total. The van der Waals surface area contributed by atoms with Crippen LogP contribution in [0.1, 0.15) is 19.4 Å². The molecular weight excluding hydrogens is 324 g/mol. The molecule has 1 aliphatic rings. The number of hydrogen-bond acceptors (Lipinski definition) is 6. The maximum absolute atomic E-state index is 12.0. The first-order chi connectivity index (χ1) is 11.9. The number of H-pyrrole nitrogens is 1. The highest BCUT2D eigenvalue weighted by Gasteiger charge is 2.34. The van der Waals surface area contributed by atoms with E-state index in [4.69, 9.17) is 9.26 Å². The molecule has 0 aliphatic carbocycles. The molecule has 0 bridgehead atoms. The van der Waals surface area contributed by atoms with Gasteiger partial charge < -0.3 is 13.8 Å². The summed E-state index contributed by atoms with van der Waals surface area (Å²) in [6.07, 6.45) is 1.38. The summed E-state index contributed by atoms with van der Waals surface area (Å²) in [4.78, 5) is 30.0. The van der Waals surface area contributed by atoms with Gasteiger partial charge in [-0.1, -0.05) is 31.1 Å². The van der Waals surface area contributed by atoms with Crippen molar-refractivity contribution in [2.24, 2.45) is 7.05 Å². The van der Waals surface area contributed by atoms with Crippen LogP contribution in [0.25, 0.3) is 22.8 Å². The lowest BCUT2D eigenvalue weighted by Crippen LogP contribution is -2.28. The van der Waals surface area contributed by atoms with Crippen LogP contribution in [0.2, 0.25) is 0 Å². The molecule has 128 valence electrons. The van der Waals surface area contributed by atoms with Crippen LogP contribution in [-0.4, -0.2) is 26.3 Å². The maximum atomic E-state index is 12.0. The van der Waals surface area contributed by atoms with Gasteiger partial charge in [0, 0.05) is 24.2 Å². The van der Waals surface area contributed by atoms with Gasteiger partial charge in [0.2, 0.25) is 5.82 Å². The molecular formula is C17H16N4O4. The minimum atomic E-state index is -0.564. The van der Waals surface area contributed by atoms with Gasteiger partial charge in [0.25, 0.3) is 11.4 Å². The fourth-order valence-electron chi connectivity index (χ4n) is 2.89. The first-order valence-electron chi connectivity index (χ1n) is 7.77. The number of nitrogens with one attached hydrogen (secondary N) is 1. The van der Waals surface area contributed by atoms with Crippen molar-refractivity contribution in [1.82, 2.24) is 19.7 Å². The third kappa shape index (κ3) is 2.37. The van der Waals surface area contributed by atoms with Crippen molar-refractivity contribution in [2.75, 3.05) is 6.61 Å². The number of nitrogens with zero attached hydrogens (tertiary/aromatic N) is 3. The van der Waals surface area contributed by atoms with Gasteiger partial charge >= 0.3 is 5.69 Å². The van der Waals surface area contributed by atoms with Crippen LogP contribution in [0, 0.1) is 0 Å². The predicted molar refractivity (Wildman–Crippen MR) is 89.6 cm³/mol. The fraction of sp³-hybridized carbons (Fsp3) is 0.294. The topological polar surface area (TPSA) is 103 Å². The lowest BCUT2D eigenvalue weighted by molar-refractivity contribution is 0.291. The van der Waals surface area contributed by atoms with Crippen molar-refractivity contribution < 1.29 is 9.26 Å². The van der Waals surface area contributed by atoms with Gasteiger partial charge in [-0.05, 0) is 6.07 Å². The fourth-order valence-corrected chi connectivity index (χ4v) is 2.89. The molecule has 0 spiro atoms. The highest BCUT2D eigenvalue weighted by Crippen LogP contribution is 2.44. The van der Waals surface area contributed by atoms with Gasteiger partial charge in [-0.15, -0.1) is 0 Å². The minimum absolute atomic E-state index is 0.0942. The van der Waals surface area contributed by atoms with Crippen LogP contribution >= 0.6 is 0 Å². The number of benzene rings is 1. The molecule has 4 rings (SSSR count). The zero-order valence-corrected chi connectivity index (χ0v) is 14.0. The van der Waals surface area contributed by atoms with Gasteiger partial charge in [0.05, 0.1) is 12.2 Å². The molecule has 0 amide bonds. The molecule has 0 radical (unpaired) electrons. The lowest BCUT2D eigenvalue weighted by atomic mass is 9.86. The Morgan fingerprint density at radius 1 is 1.24 bits per heavy atom. The average Bonchev–Trinajstić information content (AvgIpc) is 3.16. The lowest BCUT2D eigenvalue weighted by Gasteiger charge is -2.14. The second-order valence-corrected chi connectivity index (χ2v) is 6.69. The van der Waals surface area contributed by atoms with Gasteiger partial charge in [-0.25, -0.2) is 4.79 Å². The van der Waals surface area contributed by atoms with Crippen molar-refractivity contribution in [3.63, 3.8) is 0 Å². The molecule has 0 saturated heterocycles. The van der Waals surface area contributed by atoms with Crippen LogP contribution in [-0.2, 0) is 12.5 Å². The van der Waals surface area contributed by atoms with Gasteiger partial charge in [0.1, 0.15) is 11.3 Å². The number of para-hydroxylation sites is 1. The SMILES string of the molecule is Cn1cc(-c2noc(-c3cccc4c3OCC4(C)C)n2)c(=O)[nH]c1=O. The van der Waals surface area contributed by atoms with E-state index in [1.54, 1.807) is 0 Å². The Kier molecular flexibility index (Phi) is 3.18. The van der Waals surface area contributed by atoms with Crippen molar-refractivity contribution >= 4 is 0 Å². The Labute approximate surface area is 142 Å². The Bertz CT molecular complexity index is 1090. The predicted octanol–water partition coefficient (Wildman–Crippen LogP) is 1.46. The van der Waals surface area contributed by atoms with Crippen LogP contribution < -0.4 is 16.0 Å². The molecule has 8 heteroatoms. The van der Waals surface area contributed by atoms with E-state index in [1.807, 2.05) is 18.2 Å². The Morgan fingerprint density at radius 2 is 2.04 bits per heavy atom. The number of rotatable bonds is 2. The molecule has 3 heterocycles. The van der Waals surface area contributed by atoms with Crippen molar-refractivity contribution in [3.8, 4) is 28.6 Å². The first-order valence-corrected chi connectivity index (χ1v) is 7.77. The van der Waals surface area contributed by atoms with E-state index in [0.717, 1.165) is 11.3 Å². The molecule has 1 aromatic carbocycles. The molecule has 0 saturated carbocycles. The number of fused-ring (bicyclic) bond motifs is 1.